The summed E-state index contributed by atoms with van der Waals surface area (Å²) >= 11 is 0. The Balaban J connectivity index is 3.62. The molecule has 23 heavy (non-hydrogen) atoms. The number of rotatable bonds is 17. The predicted octanol–water partition coefficient (Wildman–Crippen LogP) is 2.78. The Morgan fingerprint density at radius 1 is 0.957 bits per heavy atom. The van der Waals surface area contributed by atoms with Crippen LogP contribution in [0.1, 0.15) is 64.2 Å². The molecule has 1 N–H and O–H groups in total. The molecular formula is C18H36N2O3. The van der Waals surface area contributed by atoms with Crippen molar-refractivity contribution in [1.29, 1.82) is 0 Å². The van der Waals surface area contributed by atoms with Crippen LogP contribution in [0.25, 0.3) is 0 Å². The number of carbonyl (C=O) groups excluding carboxylic acids is 2. The van der Waals surface area contributed by atoms with Gasteiger partial charge in [-0.2, -0.15) is 0 Å². The maximum Gasteiger partial charge on any atom is 0.305 e. The summed E-state index contributed by atoms with van der Waals surface area (Å²) in [4.78, 5) is 23.8. The van der Waals surface area contributed by atoms with Crippen LogP contribution in [0.3, 0.4) is 0 Å². The highest BCUT2D eigenvalue weighted by atomic mass is 16.5. The topological polar surface area (TPSA) is 58.6 Å². The molecule has 0 aromatic heterocycles. The van der Waals surface area contributed by atoms with Gasteiger partial charge in [-0.05, 0) is 45.8 Å². The number of esters is 1. The van der Waals surface area contributed by atoms with Gasteiger partial charge >= 0.3 is 5.97 Å². The number of hydrogen-bond acceptors (Lipinski definition) is 5. The van der Waals surface area contributed by atoms with Crippen LogP contribution in [-0.4, -0.2) is 57.5 Å². The van der Waals surface area contributed by atoms with Crippen LogP contribution in [0.4, 0.5) is 0 Å². The average Bonchev–Trinajstić information content (AvgIpc) is 2.57. The second-order valence-electron chi connectivity index (χ2n) is 6.06. The molecule has 0 aliphatic carbocycles. The summed E-state index contributed by atoms with van der Waals surface area (Å²) in [5.74, 6) is -0.0992. The lowest BCUT2D eigenvalue weighted by molar-refractivity contribution is -0.140. The fraction of sp³-hybridized carbons (Fsp3) is 0.889. The molecule has 0 heterocycles. The zero-order chi connectivity index (χ0) is 17.2. The van der Waals surface area contributed by atoms with E-state index in [9.17, 15) is 9.59 Å². The van der Waals surface area contributed by atoms with Crippen LogP contribution in [-0.2, 0) is 14.3 Å². The summed E-state index contributed by atoms with van der Waals surface area (Å²) in [5.41, 5.74) is 0. The van der Waals surface area contributed by atoms with E-state index in [1.807, 2.05) is 7.05 Å². The number of unbranched alkanes of at least 4 members (excludes halogenated alkanes) is 7. The van der Waals surface area contributed by atoms with Crippen molar-refractivity contribution in [1.82, 2.24) is 10.2 Å². The number of nitrogens with zero attached hydrogens (tertiary/aromatic N) is 1. The van der Waals surface area contributed by atoms with Crippen molar-refractivity contribution in [2.75, 3.05) is 40.3 Å². The third-order valence-corrected chi connectivity index (χ3v) is 4.06. The van der Waals surface area contributed by atoms with Gasteiger partial charge in [-0.1, -0.05) is 25.7 Å². The van der Waals surface area contributed by atoms with E-state index in [0.29, 0.717) is 12.8 Å². The summed E-state index contributed by atoms with van der Waals surface area (Å²) in [6.07, 6.45) is 11.3. The van der Waals surface area contributed by atoms with E-state index in [2.05, 4.69) is 15.0 Å². The fourth-order valence-corrected chi connectivity index (χ4v) is 2.58. The van der Waals surface area contributed by atoms with Crippen LogP contribution in [0.5, 0.6) is 0 Å². The van der Waals surface area contributed by atoms with Crippen LogP contribution in [0.15, 0.2) is 0 Å². The molecule has 0 saturated carbocycles. The largest absolute Gasteiger partial charge is 0.469 e. The van der Waals surface area contributed by atoms with Crippen molar-refractivity contribution >= 4 is 12.3 Å². The molecule has 0 unspecified atom stereocenters. The molecule has 0 amide bonds. The lowest BCUT2D eigenvalue weighted by Crippen LogP contribution is -2.32. The Morgan fingerprint density at radius 3 is 2.17 bits per heavy atom. The molecule has 5 heteroatoms. The van der Waals surface area contributed by atoms with Crippen LogP contribution in [0, 0.1) is 0 Å². The molecule has 0 aromatic rings. The van der Waals surface area contributed by atoms with Gasteiger partial charge in [-0.25, -0.2) is 0 Å². The highest BCUT2D eigenvalue weighted by Gasteiger charge is 2.04. The Morgan fingerprint density at radius 2 is 1.57 bits per heavy atom. The van der Waals surface area contributed by atoms with E-state index in [-0.39, 0.29) is 5.97 Å². The van der Waals surface area contributed by atoms with Gasteiger partial charge in [0.05, 0.1) is 7.11 Å². The molecule has 0 saturated heterocycles. The van der Waals surface area contributed by atoms with E-state index in [0.717, 1.165) is 58.1 Å². The summed E-state index contributed by atoms with van der Waals surface area (Å²) in [6.45, 7) is 4.38. The monoisotopic (exact) mass is 328 g/mol. The van der Waals surface area contributed by atoms with Gasteiger partial charge in [0.25, 0.3) is 0 Å². The first-order valence-electron chi connectivity index (χ1n) is 9.12. The second-order valence-corrected chi connectivity index (χ2v) is 6.06. The zero-order valence-corrected chi connectivity index (χ0v) is 15.1. The van der Waals surface area contributed by atoms with E-state index >= 15 is 0 Å². The first kappa shape index (κ1) is 22.1. The lowest BCUT2D eigenvalue weighted by atomic mass is 10.1. The number of likely N-dealkylation sites (N-methyl/N-ethyl adjacent to an activating group) is 1. The fourth-order valence-electron chi connectivity index (χ4n) is 2.58. The van der Waals surface area contributed by atoms with Gasteiger partial charge in [-0.15, -0.1) is 0 Å². The number of hydrogen-bond donors (Lipinski definition) is 1. The van der Waals surface area contributed by atoms with Crippen molar-refractivity contribution in [2.45, 2.75) is 64.2 Å². The van der Waals surface area contributed by atoms with E-state index in [1.165, 1.54) is 32.8 Å². The molecule has 0 radical (unpaired) electrons. The molecule has 0 bridgehead atoms. The van der Waals surface area contributed by atoms with Gasteiger partial charge in [0, 0.05) is 25.9 Å². The molecule has 5 nitrogen and oxygen atoms in total. The minimum atomic E-state index is -0.0992. The molecule has 0 fully saturated rings. The lowest BCUT2D eigenvalue weighted by Gasteiger charge is -2.22. The predicted molar refractivity (Wildman–Crippen MR) is 94.6 cm³/mol. The molecule has 0 spiro atoms. The van der Waals surface area contributed by atoms with Crippen molar-refractivity contribution in [3.8, 4) is 0 Å². The highest BCUT2D eigenvalue weighted by Crippen LogP contribution is 2.08. The standard InChI is InChI=1S/C18H36N2O3/c1-19-13-16-20(15-10-6-7-11-17-21)14-9-5-3-4-8-12-18(22)23-2/h17,19H,3-16H2,1-2H3. The van der Waals surface area contributed by atoms with E-state index < -0.39 is 0 Å². The normalized spacial score (nSPS) is 10.9. The number of carbonyl (C=O) groups is 2. The molecular weight excluding hydrogens is 292 g/mol. The Hall–Kier alpha value is -0.940. The maximum atomic E-state index is 11.0. The van der Waals surface area contributed by atoms with Crippen molar-refractivity contribution in [3.05, 3.63) is 0 Å². The minimum Gasteiger partial charge on any atom is -0.469 e. The summed E-state index contributed by atoms with van der Waals surface area (Å²) in [6, 6.07) is 0. The highest BCUT2D eigenvalue weighted by molar-refractivity contribution is 5.68. The molecule has 0 rings (SSSR count). The van der Waals surface area contributed by atoms with E-state index in [4.69, 9.17) is 0 Å². The maximum absolute atomic E-state index is 11.0. The number of nitrogens with one attached hydrogen (secondary N) is 1. The zero-order valence-electron chi connectivity index (χ0n) is 15.1. The van der Waals surface area contributed by atoms with E-state index in [1.54, 1.807) is 0 Å². The average molecular weight is 328 g/mol. The minimum absolute atomic E-state index is 0.0992. The Bertz CT molecular complexity index is 285. The van der Waals surface area contributed by atoms with Gasteiger partial charge in [0.15, 0.2) is 0 Å². The molecule has 0 aromatic carbocycles. The van der Waals surface area contributed by atoms with Gasteiger partial charge in [0.1, 0.15) is 6.29 Å². The SMILES string of the molecule is CNCCN(CCCCCC=O)CCCCCCCC(=O)OC. The van der Waals surface area contributed by atoms with Gasteiger partial charge in [-0.3, -0.25) is 4.79 Å². The third-order valence-electron chi connectivity index (χ3n) is 4.06. The Labute approximate surface area is 142 Å². The molecule has 0 atom stereocenters. The van der Waals surface area contributed by atoms with Crippen molar-refractivity contribution in [3.63, 3.8) is 0 Å². The summed E-state index contributed by atoms with van der Waals surface area (Å²) in [7, 11) is 3.44. The molecule has 0 aliphatic rings. The summed E-state index contributed by atoms with van der Waals surface area (Å²) in [5, 5.41) is 3.21. The number of aldehydes is 1. The first-order valence-corrected chi connectivity index (χ1v) is 9.12. The first-order chi connectivity index (χ1) is 11.2. The molecule has 136 valence electrons. The van der Waals surface area contributed by atoms with Crippen molar-refractivity contribution in [2.24, 2.45) is 0 Å². The van der Waals surface area contributed by atoms with Gasteiger partial charge in [0.2, 0.25) is 0 Å². The van der Waals surface area contributed by atoms with Crippen LogP contribution >= 0.6 is 0 Å². The number of methoxy groups -OCH3 is 1. The Kier molecular flexibility index (Phi) is 16.7. The van der Waals surface area contributed by atoms with Crippen molar-refractivity contribution < 1.29 is 14.3 Å². The second kappa shape index (κ2) is 17.4. The third kappa shape index (κ3) is 15.7. The number of ether oxygens (including phenoxy) is 1. The van der Waals surface area contributed by atoms with Crippen LogP contribution < -0.4 is 5.32 Å². The van der Waals surface area contributed by atoms with Crippen LogP contribution in [0.2, 0.25) is 0 Å². The quantitative estimate of drug-likeness (QED) is 0.253. The smallest absolute Gasteiger partial charge is 0.305 e. The van der Waals surface area contributed by atoms with Gasteiger partial charge < -0.3 is 19.7 Å². The summed E-state index contributed by atoms with van der Waals surface area (Å²) < 4.78 is 4.64. The molecule has 0 aliphatic heterocycles.